The van der Waals surface area contributed by atoms with Crippen molar-refractivity contribution in [1.29, 1.82) is 0 Å². The standard InChI is InChI=1S/C36H32F6N4O10/c37-35(38,39)26-5-1-22(2-6-26)32-20-53-18-24-15-28(43-44-30-10-9-29(45(48)49)17-31(30)46(50)51)16-25(34(24)47)19-54-21-33(56-14-12-52-11-13-55-32)23-3-7-27(8-4-23)36(40,41)42/h1-10,15-17,32-33,47H,11-14,18-21H2/t32-,33-/m1/s1. The summed E-state index contributed by atoms with van der Waals surface area (Å²) in [7, 11) is 0. The van der Waals surface area contributed by atoms with Gasteiger partial charge < -0.3 is 28.8 Å². The highest BCUT2D eigenvalue weighted by molar-refractivity contribution is 5.62. The maximum absolute atomic E-state index is 13.2. The molecule has 1 aliphatic heterocycles. The number of non-ortho nitro benzene ring substituents is 1. The molecule has 1 heterocycles. The molecule has 4 aromatic rings. The third kappa shape index (κ3) is 11.3. The van der Waals surface area contributed by atoms with Gasteiger partial charge in [0.25, 0.3) is 5.69 Å². The van der Waals surface area contributed by atoms with Gasteiger partial charge >= 0.3 is 18.0 Å². The van der Waals surface area contributed by atoms with Crippen LogP contribution in [0.5, 0.6) is 5.75 Å². The number of alkyl halides is 6. The first-order chi connectivity index (χ1) is 26.6. The highest BCUT2D eigenvalue weighted by Gasteiger charge is 2.31. The number of aromatic hydroxyl groups is 1. The van der Waals surface area contributed by atoms with Crippen molar-refractivity contribution in [3.05, 3.63) is 132 Å². The number of phenolic OH excluding ortho intramolecular Hbond substituents is 1. The van der Waals surface area contributed by atoms with E-state index in [9.17, 15) is 51.7 Å². The number of hydrogen-bond acceptors (Lipinski definition) is 12. The first-order valence-electron chi connectivity index (χ1n) is 16.6. The monoisotopic (exact) mass is 794 g/mol. The van der Waals surface area contributed by atoms with Crippen LogP contribution in [-0.4, -0.2) is 54.6 Å². The van der Waals surface area contributed by atoms with Crippen LogP contribution in [0, 0.1) is 20.2 Å². The fourth-order valence-electron chi connectivity index (χ4n) is 5.39. The van der Waals surface area contributed by atoms with Gasteiger partial charge in [-0.05, 0) is 53.6 Å². The smallest absolute Gasteiger partial charge is 0.416 e. The molecule has 0 spiro atoms. The van der Waals surface area contributed by atoms with E-state index in [0.29, 0.717) is 11.1 Å². The van der Waals surface area contributed by atoms with E-state index in [1.807, 2.05) is 0 Å². The second-order valence-corrected chi connectivity index (χ2v) is 12.1. The molecule has 14 nitrogen and oxygen atoms in total. The molecule has 0 unspecified atom stereocenters. The van der Waals surface area contributed by atoms with Crippen LogP contribution in [0.2, 0.25) is 0 Å². The number of rotatable bonds is 6. The van der Waals surface area contributed by atoms with E-state index in [0.717, 1.165) is 42.5 Å². The van der Waals surface area contributed by atoms with Gasteiger partial charge in [-0.1, -0.05) is 24.3 Å². The first kappa shape index (κ1) is 41.6. The van der Waals surface area contributed by atoms with Gasteiger partial charge in [0.1, 0.15) is 18.0 Å². The Morgan fingerprint density at radius 2 is 1.11 bits per heavy atom. The molecular formula is C36H32F6N4O10. The topological polar surface area (TPSA) is 177 Å². The fourth-order valence-corrected chi connectivity index (χ4v) is 5.39. The van der Waals surface area contributed by atoms with Gasteiger partial charge in [0.2, 0.25) is 0 Å². The first-order valence-corrected chi connectivity index (χ1v) is 16.6. The van der Waals surface area contributed by atoms with Crippen LogP contribution in [0.1, 0.15) is 45.6 Å². The summed E-state index contributed by atoms with van der Waals surface area (Å²) in [6.45, 7) is -1.01. The third-order valence-electron chi connectivity index (χ3n) is 8.26. The van der Waals surface area contributed by atoms with E-state index in [-0.39, 0.29) is 81.1 Å². The molecule has 0 saturated heterocycles. The van der Waals surface area contributed by atoms with Crippen molar-refractivity contribution in [2.45, 2.75) is 37.8 Å². The molecule has 2 atom stereocenters. The van der Waals surface area contributed by atoms with Crippen LogP contribution in [-0.2, 0) is 49.3 Å². The predicted molar refractivity (Wildman–Crippen MR) is 182 cm³/mol. The number of fused-ring (bicyclic) bond motifs is 2. The molecule has 0 fully saturated rings. The number of halogens is 6. The number of nitro benzene ring substituents is 2. The summed E-state index contributed by atoms with van der Waals surface area (Å²) in [5.74, 6) is -0.321. The molecule has 56 heavy (non-hydrogen) atoms. The Labute approximate surface area is 313 Å². The Kier molecular flexibility index (Phi) is 13.7. The number of nitrogens with zero attached hydrogens (tertiary/aromatic N) is 4. The minimum Gasteiger partial charge on any atom is -0.507 e. The highest BCUT2D eigenvalue weighted by Crippen LogP contribution is 2.36. The molecule has 0 amide bonds. The molecule has 1 aliphatic rings. The molecule has 0 aromatic heterocycles. The Hall–Kier alpha value is -5.54. The van der Waals surface area contributed by atoms with Crippen molar-refractivity contribution in [1.82, 2.24) is 0 Å². The summed E-state index contributed by atoms with van der Waals surface area (Å²) in [4.78, 5) is 21.1. The lowest BCUT2D eigenvalue weighted by Gasteiger charge is -2.22. The lowest BCUT2D eigenvalue weighted by atomic mass is 10.1. The maximum Gasteiger partial charge on any atom is 0.416 e. The van der Waals surface area contributed by atoms with Crippen molar-refractivity contribution < 1.29 is 65.0 Å². The average molecular weight is 795 g/mol. The molecule has 2 bridgehead atoms. The van der Waals surface area contributed by atoms with Crippen LogP contribution in [0.15, 0.2) is 89.1 Å². The second kappa shape index (κ2) is 18.4. The third-order valence-corrected chi connectivity index (χ3v) is 8.26. The van der Waals surface area contributed by atoms with E-state index < -0.39 is 56.9 Å². The summed E-state index contributed by atoms with van der Waals surface area (Å²) < 4.78 is 108. The normalized spacial score (nSPS) is 18.2. The van der Waals surface area contributed by atoms with Gasteiger partial charge in [-0.2, -0.15) is 31.5 Å². The van der Waals surface area contributed by atoms with Crippen LogP contribution in [0.4, 0.5) is 49.1 Å². The number of benzene rings is 4. The number of ether oxygens (including phenoxy) is 5. The molecule has 298 valence electrons. The Balaban J connectivity index is 1.45. The van der Waals surface area contributed by atoms with Crippen molar-refractivity contribution in [2.24, 2.45) is 10.2 Å². The van der Waals surface area contributed by atoms with Crippen LogP contribution < -0.4 is 0 Å². The number of phenols is 1. The zero-order valence-corrected chi connectivity index (χ0v) is 29.0. The van der Waals surface area contributed by atoms with E-state index >= 15 is 0 Å². The lowest BCUT2D eigenvalue weighted by molar-refractivity contribution is -0.393. The Morgan fingerprint density at radius 3 is 1.54 bits per heavy atom. The predicted octanol–water partition coefficient (Wildman–Crippen LogP) is 9.24. The molecule has 0 saturated carbocycles. The Bertz CT molecular complexity index is 1920. The second-order valence-electron chi connectivity index (χ2n) is 12.1. The van der Waals surface area contributed by atoms with E-state index in [4.69, 9.17) is 23.7 Å². The minimum atomic E-state index is -4.57. The number of hydrogen-bond donors (Lipinski definition) is 1. The van der Waals surface area contributed by atoms with E-state index in [1.165, 1.54) is 36.4 Å². The molecule has 0 aliphatic carbocycles. The number of nitro groups is 2. The maximum atomic E-state index is 13.2. The van der Waals surface area contributed by atoms with Crippen LogP contribution in [0.25, 0.3) is 0 Å². The van der Waals surface area contributed by atoms with Gasteiger partial charge in [-0.3, -0.25) is 20.2 Å². The van der Waals surface area contributed by atoms with E-state index in [2.05, 4.69) is 10.2 Å². The fraction of sp³-hybridized carbons (Fsp3) is 0.333. The molecule has 20 heteroatoms. The Morgan fingerprint density at radius 1 is 0.625 bits per heavy atom. The van der Waals surface area contributed by atoms with Crippen molar-refractivity contribution in [2.75, 3.05) is 39.6 Å². The van der Waals surface area contributed by atoms with Crippen LogP contribution in [0.3, 0.4) is 0 Å². The molecule has 4 aromatic carbocycles. The molecular weight excluding hydrogens is 762 g/mol. The van der Waals surface area contributed by atoms with Crippen molar-refractivity contribution >= 4 is 22.7 Å². The summed E-state index contributed by atoms with van der Waals surface area (Å²) >= 11 is 0. The quantitative estimate of drug-likeness (QED) is 0.0856. The van der Waals surface area contributed by atoms with Gasteiger partial charge in [-0.25, -0.2) is 0 Å². The minimum absolute atomic E-state index is 0.0272. The van der Waals surface area contributed by atoms with Crippen molar-refractivity contribution in [3.8, 4) is 5.75 Å². The van der Waals surface area contributed by atoms with Gasteiger partial charge in [0, 0.05) is 17.2 Å². The zero-order chi connectivity index (χ0) is 40.5. The largest absolute Gasteiger partial charge is 0.507 e. The average Bonchev–Trinajstić information content (AvgIpc) is 3.15. The summed E-state index contributed by atoms with van der Waals surface area (Å²) in [6, 6.07) is 14.0. The summed E-state index contributed by atoms with van der Waals surface area (Å²) in [5, 5.41) is 42.0. The summed E-state index contributed by atoms with van der Waals surface area (Å²) in [6.07, 6.45) is -10.9. The highest BCUT2D eigenvalue weighted by atomic mass is 19.4. The summed E-state index contributed by atoms with van der Waals surface area (Å²) in [5.41, 5.74) is -2.34. The molecule has 5 rings (SSSR count). The van der Waals surface area contributed by atoms with E-state index in [1.54, 1.807) is 0 Å². The zero-order valence-electron chi connectivity index (χ0n) is 29.0. The van der Waals surface area contributed by atoms with Crippen LogP contribution >= 0.6 is 0 Å². The molecule has 0 radical (unpaired) electrons. The molecule has 1 N–H and O–H groups in total. The van der Waals surface area contributed by atoms with Gasteiger partial charge in [0.05, 0.1) is 85.6 Å². The number of azo groups is 1. The van der Waals surface area contributed by atoms with Gasteiger partial charge in [-0.15, -0.1) is 5.11 Å². The van der Waals surface area contributed by atoms with Crippen molar-refractivity contribution in [3.63, 3.8) is 0 Å². The SMILES string of the molecule is O=[N+]([O-])c1ccc(N=Nc2cc3c(O)c(c2)COC[C@H](c2ccc(C(F)(F)F)cc2)OCCOCCO[C@@H](c2ccc(C(F)(F)F)cc2)COC3)c([N+](=O)[O-])c1. The lowest BCUT2D eigenvalue weighted by Crippen LogP contribution is -2.18. The van der Waals surface area contributed by atoms with Gasteiger partial charge in [0.15, 0.2) is 5.69 Å².